The topological polar surface area (TPSA) is 58.4 Å². The van der Waals surface area contributed by atoms with Crippen molar-refractivity contribution in [3.05, 3.63) is 65.9 Å². The number of hydrogen-bond acceptors (Lipinski definition) is 4. The van der Waals surface area contributed by atoms with Crippen LogP contribution in [0.25, 0.3) is 11.0 Å². The van der Waals surface area contributed by atoms with Crippen LogP contribution in [-0.4, -0.2) is 36.6 Å². The van der Waals surface area contributed by atoms with Crippen molar-refractivity contribution in [3.63, 3.8) is 0 Å². The van der Waals surface area contributed by atoms with E-state index in [0.717, 1.165) is 17.5 Å². The summed E-state index contributed by atoms with van der Waals surface area (Å²) < 4.78 is 5.27. The summed E-state index contributed by atoms with van der Waals surface area (Å²) in [5.41, 5.74) is 2.46. The van der Waals surface area contributed by atoms with Crippen LogP contribution in [0.4, 0.5) is 0 Å². The van der Waals surface area contributed by atoms with Gasteiger partial charge >= 0.3 is 0 Å². The van der Waals surface area contributed by atoms with E-state index >= 15 is 0 Å². The SMILES string of the molecule is CN(C)C[C@H](NC(=O)Cc1noc2ccccc12)c1ccccc1. The monoisotopic (exact) mass is 323 g/mol. The largest absolute Gasteiger partial charge is 0.356 e. The first-order valence-electron chi connectivity index (χ1n) is 7.96. The number of hydrogen-bond donors (Lipinski definition) is 1. The summed E-state index contributed by atoms with van der Waals surface area (Å²) in [7, 11) is 3.99. The Morgan fingerprint density at radius 1 is 1.12 bits per heavy atom. The Balaban J connectivity index is 1.73. The van der Waals surface area contributed by atoms with E-state index in [2.05, 4.69) is 15.4 Å². The van der Waals surface area contributed by atoms with E-state index in [-0.39, 0.29) is 18.4 Å². The van der Waals surface area contributed by atoms with E-state index < -0.39 is 0 Å². The summed E-state index contributed by atoms with van der Waals surface area (Å²) in [5.74, 6) is -0.0650. The average molecular weight is 323 g/mol. The van der Waals surface area contributed by atoms with E-state index in [1.54, 1.807) is 0 Å². The second-order valence-corrected chi connectivity index (χ2v) is 6.10. The van der Waals surface area contributed by atoms with Crippen LogP contribution in [0.3, 0.4) is 0 Å². The Hall–Kier alpha value is -2.66. The Morgan fingerprint density at radius 2 is 1.83 bits per heavy atom. The third kappa shape index (κ3) is 3.81. The molecule has 124 valence electrons. The van der Waals surface area contributed by atoms with Crippen molar-refractivity contribution in [1.29, 1.82) is 0 Å². The van der Waals surface area contributed by atoms with Gasteiger partial charge in [-0.1, -0.05) is 47.6 Å². The van der Waals surface area contributed by atoms with Gasteiger partial charge in [0.2, 0.25) is 5.91 Å². The fourth-order valence-electron chi connectivity index (χ4n) is 2.75. The van der Waals surface area contributed by atoms with Crippen LogP contribution in [0.5, 0.6) is 0 Å². The Bertz CT molecular complexity index is 812. The highest BCUT2D eigenvalue weighted by molar-refractivity contribution is 5.86. The number of carbonyl (C=O) groups excluding carboxylic acids is 1. The van der Waals surface area contributed by atoms with Crippen molar-refractivity contribution in [2.75, 3.05) is 20.6 Å². The maximum atomic E-state index is 12.5. The molecule has 1 N–H and O–H groups in total. The molecule has 3 rings (SSSR count). The Morgan fingerprint density at radius 3 is 2.58 bits per heavy atom. The van der Waals surface area contributed by atoms with Gasteiger partial charge in [0.15, 0.2) is 5.58 Å². The molecule has 1 heterocycles. The number of rotatable bonds is 6. The molecule has 2 aromatic carbocycles. The number of fused-ring (bicyclic) bond motifs is 1. The van der Waals surface area contributed by atoms with Crippen molar-refractivity contribution in [1.82, 2.24) is 15.4 Å². The zero-order chi connectivity index (χ0) is 16.9. The highest BCUT2D eigenvalue weighted by Crippen LogP contribution is 2.19. The van der Waals surface area contributed by atoms with Gasteiger partial charge in [-0.15, -0.1) is 0 Å². The van der Waals surface area contributed by atoms with Gasteiger partial charge in [-0.25, -0.2) is 0 Å². The minimum atomic E-state index is -0.0650. The summed E-state index contributed by atoms with van der Waals surface area (Å²) in [6.07, 6.45) is 0.202. The number of para-hydroxylation sites is 1. The van der Waals surface area contributed by atoms with Gasteiger partial charge in [0.1, 0.15) is 5.69 Å². The molecule has 24 heavy (non-hydrogen) atoms. The predicted octanol–water partition coefficient (Wildman–Crippen LogP) is 2.79. The lowest BCUT2D eigenvalue weighted by Crippen LogP contribution is -2.36. The van der Waals surface area contributed by atoms with E-state index in [4.69, 9.17) is 4.52 Å². The first-order valence-corrected chi connectivity index (χ1v) is 7.96. The van der Waals surface area contributed by atoms with E-state index in [9.17, 15) is 4.79 Å². The van der Waals surface area contributed by atoms with Crippen LogP contribution >= 0.6 is 0 Å². The zero-order valence-electron chi connectivity index (χ0n) is 13.9. The molecule has 0 aliphatic heterocycles. The molecule has 0 aliphatic rings. The van der Waals surface area contributed by atoms with Gasteiger partial charge in [0.05, 0.1) is 12.5 Å². The lowest BCUT2D eigenvalue weighted by molar-refractivity contribution is -0.121. The molecule has 0 radical (unpaired) electrons. The van der Waals surface area contributed by atoms with Gasteiger partial charge in [-0.3, -0.25) is 4.79 Å². The average Bonchev–Trinajstić information content (AvgIpc) is 2.98. The second-order valence-electron chi connectivity index (χ2n) is 6.10. The molecule has 0 fully saturated rings. The van der Waals surface area contributed by atoms with E-state index in [0.29, 0.717) is 11.3 Å². The molecular weight excluding hydrogens is 302 g/mol. The molecule has 0 saturated heterocycles. The number of nitrogens with one attached hydrogen (secondary N) is 1. The first kappa shape index (κ1) is 16.2. The summed E-state index contributed by atoms with van der Waals surface area (Å²) in [6.45, 7) is 0.731. The van der Waals surface area contributed by atoms with Crippen LogP contribution in [0.2, 0.25) is 0 Å². The van der Waals surface area contributed by atoms with E-state index in [1.807, 2.05) is 68.7 Å². The van der Waals surface area contributed by atoms with Crippen molar-refractivity contribution in [2.45, 2.75) is 12.5 Å². The quantitative estimate of drug-likeness (QED) is 0.758. The number of carbonyl (C=O) groups is 1. The zero-order valence-corrected chi connectivity index (χ0v) is 13.9. The summed E-state index contributed by atoms with van der Waals surface area (Å²) in [6, 6.07) is 17.5. The molecule has 5 nitrogen and oxygen atoms in total. The maximum Gasteiger partial charge on any atom is 0.226 e. The third-order valence-corrected chi connectivity index (χ3v) is 3.87. The van der Waals surface area contributed by atoms with Crippen molar-refractivity contribution >= 4 is 16.9 Å². The molecule has 0 aliphatic carbocycles. The number of likely N-dealkylation sites (N-methyl/N-ethyl adjacent to an activating group) is 1. The van der Waals surface area contributed by atoms with Gasteiger partial charge < -0.3 is 14.7 Å². The minimum absolute atomic E-state index is 0.0631. The van der Waals surface area contributed by atoms with Crippen molar-refractivity contribution < 1.29 is 9.32 Å². The van der Waals surface area contributed by atoms with Crippen LogP contribution < -0.4 is 5.32 Å². The van der Waals surface area contributed by atoms with Crippen molar-refractivity contribution in [3.8, 4) is 0 Å². The summed E-state index contributed by atoms with van der Waals surface area (Å²) in [4.78, 5) is 14.6. The molecule has 0 spiro atoms. The fraction of sp³-hybridized carbons (Fsp3) is 0.263. The molecule has 0 bridgehead atoms. The molecule has 0 unspecified atom stereocenters. The third-order valence-electron chi connectivity index (χ3n) is 3.87. The van der Waals surface area contributed by atoms with Crippen LogP contribution in [0.15, 0.2) is 59.1 Å². The fourth-order valence-corrected chi connectivity index (χ4v) is 2.75. The molecule has 5 heteroatoms. The van der Waals surface area contributed by atoms with Crippen LogP contribution in [0, 0.1) is 0 Å². The smallest absolute Gasteiger partial charge is 0.226 e. The lowest BCUT2D eigenvalue weighted by atomic mass is 10.1. The number of aromatic nitrogens is 1. The predicted molar refractivity (Wildman–Crippen MR) is 93.6 cm³/mol. The molecule has 1 amide bonds. The summed E-state index contributed by atoms with van der Waals surface area (Å²) in [5, 5.41) is 8.02. The van der Waals surface area contributed by atoms with Gasteiger partial charge in [-0.05, 0) is 31.8 Å². The highest BCUT2D eigenvalue weighted by Gasteiger charge is 2.18. The Labute approximate surface area is 141 Å². The molecular formula is C19H21N3O2. The molecule has 3 aromatic rings. The lowest BCUT2D eigenvalue weighted by Gasteiger charge is -2.22. The normalized spacial score (nSPS) is 12.5. The van der Waals surface area contributed by atoms with E-state index in [1.165, 1.54) is 0 Å². The number of benzene rings is 2. The highest BCUT2D eigenvalue weighted by atomic mass is 16.5. The summed E-state index contributed by atoms with van der Waals surface area (Å²) >= 11 is 0. The Kier molecular flexibility index (Phi) is 4.91. The molecule has 1 atom stereocenters. The standard InChI is InChI=1S/C19H21N3O2/c1-22(2)13-17(14-8-4-3-5-9-14)20-19(23)12-16-15-10-6-7-11-18(15)24-21-16/h3-11,17H,12-13H2,1-2H3,(H,20,23)/t17-/m0/s1. The maximum absolute atomic E-state index is 12.5. The van der Waals surface area contributed by atoms with Gasteiger partial charge in [-0.2, -0.15) is 0 Å². The van der Waals surface area contributed by atoms with Gasteiger partial charge in [0.25, 0.3) is 0 Å². The minimum Gasteiger partial charge on any atom is -0.356 e. The van der Waals surface area contributed by atoms with Crippen molar-refractivity contribution in [2.24, 2.45) is 0 Å². The van der Waals surface area contributed by atoms with Gasteiger partial charge in [0, 0.05) is 11.9 Å². The van der Waals surface area contributed by atoms with Crippen LogP contribution in [0.1, 0.15) is 17.3 Å². The number of amides is 1. The van der Waals surface area contributed by atoms with Crippen LogP contribution in [-0.2, 0) is 11.2 Å². The second kappa shape index (κ2) is 7.27. The first-order chi connectivity index (χ1) is 11.6. The molecule has 1 aromatic heterocycles. The molecule has 0 saturated carbocycles. The number of nitrogens with zero attached hydrogens (tertiary/aromatic N) is 2.